The van der Waals surface area contributed by atoms with Crippen LogP contribution in [0.4, 0.5) is 4.79 Å². The van der Waals surface area contributed by atoms with Gasteiger partial charge in [0.1, 0.15) is 0 Å². The van der Waals surface area contributed by atoms with Gasteiger partial charge in [0.05, 0.1) is 0 Å². The average molecular weight is 262 g/mol. The first-order chi connectivity index (χ1) is 9.13. The fourth-order valence-electron chi connectivity index (χ4n) is 2.09. The summed E-state index contributed by atoms with van der Waals surface area (Å²) in [5, 5.41) is 11.8. The van der Waals surface area contributed by atoms with Crippen LogP contribution in [0.15, 0.2) is 30.3 Å². The fourth-order valence-corrected chi connectivity index (χ4v) is 2.09. The summed E-state index contributed by atoms with van der Waals surface area (Å²) in [6, 6.07) is 7.70. The number of benzene rings is 1. The van der Waals surface area contributed by atoms with Gasteiger partial charge in [-0.2, -0.15) is 0 Å². The van der Waals surface area contributed by atoms with E-state index in [9.17, 15) is 14.7 Å². The molecule has 5 heteroatoms. The van der Waals surface area contributed by atoms with E-state index in [-0.39, 0.29) is 12.1 Å². The van der Waals surface area contributed by atoms with E-state index in [0.29, 0.717) is 12.1 Å². The highest BCUT2D eigenvalue weighted by molar-refractivity contribution is 5.84. The molecule has 2 N–H and O–H groups in total. The Bertz CT molecular complexity index is 457. The minimum atomic E-state index is -1.05. The lowest BCUT2D eigenvalue weighted by atomic mass is 10.1. The molecule has 1 fully saturated rings. The van der Waals surface area contributed by atoms with Crippen molar-refractivity contribution >= 4 is 12.0 Å². The van der Waals surface area contributed by atoms with Crippen molar-refractivity contribution in [2.45, 2.75) is 31.8 Å². The number of hydrogen-bond donors (Lipinski definition) is 2. The van der Waals surface area contributed by atoms with E-state index >= 15 is 0 Å². The first kappa shape index (κ1) is 13.4. The number of urea groups is 1. The minimum Gasteiger partial charge on any atom is -0.479 e. The van der Waals surface area contributed by atoms with Crippen LogP contribution >= 0.6 is 0 Å². The van der Waals surface area contributed by atoms with Crippen LogP contribution in [0, 0.1) is 0 Å². The number of carboxylic acid groups (broad SMARTS) is 1. The molecule has 0 aliphatic heterocycles. The first-order valence-corrected chi connectivity index (χ1v) is 6.48. The molecule has 0 unspecified atom stereocenters. The van der Waals surface area contributed by atoms with Crippen LogP contribution in [0.5, 0.6) is 0 Å². The Hall–Kier alpha value is -2.04. The van der Waals surface area contributed by atoms with Crippen LogP contribution in [0.25, 0.3) is 0 Å². The van der Waals surface area contributed by atoms with Crippen molar-refractivity contribution < 1.29 is 14.7 Å². The van der Waals surface area contributed by atoms with Gasteiger partial charge in [-0.1, -0.05) is 30.3 Å². The van der Waals surface area contributed by atoms with Gasteiger partial charge in [-0.25, -0.2) is 9.59 Å². The summed E-state index contributed by atoms with van der Waals surface area (Å²) in [4.78, 5) is 25.1. The first-order valence-electron chi connectivity index (χ1n) is 6.48. The second kappa shape index (κ2) is 5.73. The third-order valence-electron chi connectivity index (χ3n) is 3.24. The number of aliphatic carboxylic acids is 1. The summed E-state index contributed by atoms with van der Waals surface area (Å²) >= 11 is 0. The van der Waals surface area contributed by atoms with Crippen LogP contribution in [-0.2, 0) is 4.79 Å². The van der Waals surface area contributed by atoms with Crippen molar-refractivity contribution in [1.29, 1.82) is 0 Å². The highest BCUT2D eigenvalue weighted by Gasteiger charge is 2.33. The molecule has 0 bridgehead atoms. The van der Waals surface area contributed by atoms with Crippen molar-refractivity contribution in [1.82, 2.24) is 10.2 Å². The van der Waals surface area contributed by atoms with Gasteiger partial charge >= 0.3 is 12.0 Å². The number of carbonyl (C=O) groups excluding carboxylic acids is 1. The molecule has 0 heterocycles. The fraction of sp³-hybridized carbons (Fsp3) is 0.429. The smallest absolute Gasteiger partial charge is 0.330 e. The van der Waals surface area contributed by atoms with Gasteiger partial charge in [0.15, 0.2) is 6.04 Å². The van der Waals surface area contributed by atoms with Gasteiger partial charge in [-0.15, -0.1) is 0 Å². The summed E-state index contributed by atoms with van der Waals surface area (Å²) in [5.74, 6) is -1.05. The van der Waals surface area contributed by atoms with E-state index in [1.165, 1.54) is 0 Å². The number of carboxylic acids is 1. The number of nitrogens with zero attached hydrogens (tertiary/aromatic N) is 1. The Labute approximate surface area is 112 Å². The largest absolute Gasteiger partial charge is 0.479 e. The molecule has 1 aliphatic carbocycles. The number of amides is 2. The van der Waals surface area contributed by atoms with Gasteiger partial charge in [-0.3, -0.25) is 0 Å². The summed E-state index contributed by atoms with van der Waals surface area (Å²) in [7, 11) is 0. The Morgan fingerprint density at radius 1 is 1.37 bits per heavy atom. The number of carbonyl (C=O) groups is 2. The molecule has 1 aromatic rings. The maximum atomic E-state index is 12.1. The number of rotatable bonds is 5. The molecule has 1 saturated carbocycles. The molecule has 0 saturated heterocycles. The van der Waals surface area contributed by atoms with Crippen LogP contribution < -0.4 is 5.32 Å². The lowest BCUT2D eigenvalue weighted by Gasteiger charge is -2.23. The molecule has 5 nitrogen and oxygen atoms in total. The van der Waals surface area contributed by atoms with Crippen LogP contribution in [0.2, 0.25) is 0 Å². The minimum absolute atomic E-state index is 0.273. The average Bonchev–Trinajstić information content (AvgIpc) is 3.22. The Morgan fingerprint density at radius 3 is 2.47 bits per heavy atom. The van der Waals surface area contributed by atoms with Crippen molar-refractivity contribution in [2.75, 3.05) is 6.54 Å². The van der Waals surface area contributed by atoms with Gasteiger partial charge < -0.3 is 15.3 Å². The van der Waals surface area contributed by atoms with E-state index in [0.717, 1.165) is 12.8 Å². The lowest BCUT2D eigenvalue weighted by Crippen LogP contribution is -2.44. The molecule has 1 aromatic carbocycles. The second-order valence-electron chi connectivity index (χ2n) is 4.65. The quantitative estimate of drug-likeness (QED) is 0.852. The predicted octanol–water partition coefficient (Wildman–Crippen LogP) is 2.01. The molecule has 102 valence electrons. The molecule has 0 aromatic heterocycles. The molecule has 1 atom stereocenters. The Morgan fingerprint density at radius 2 is 2.00 bits per heavy atom. The summed E-state index contributed by atoms with van der Waals surface area (Å²) in [6.45, 7) is 2.49. The van der Waals surface area contributed by atoms with E-state index in [1.54, 1.807) is 29.2 Å². The maximum absolute atomic E-state index is 12.1. The van der Waals surface area contributed by atoms with Gasteiger partial charge in [-0.05, 0) is 25.3 Å². The van der Waals surface area contributed by atoms with Crippen LogP contribution in [-0.4, -0.2) is 34.6 Å². The van der Waals surface area contributed by atoms with Crippen molar-refractivity contribution in [3.05, 3.63) is 35.9 Å². The lowest BCUT2D eigenvalue weighted by molar-refractivity contribution is -0.139. The summed E-state index contributed by atoms with van der Waals surface area (Å²) in [5.41, 5.74) is 0.579. The molecule has 2 amide bonds. The van der Waals surface area contributed by atoms with Crippen molar-refractivity contribution in [3.8, 4) is 0 Å². The van der Waals surface area contributed by atoms with Gasteiger partial charge in [0.25, 0.3) is 0 Å². The third kappa shape index (κ3) is 3.24. The highest BCUT2D eigenvalue weighted by Crippen LogP contribution is 2.27. The SMILES string of the molecule is CCN(C(=O)N[C@@H](C(=O)O)c1ccccc1)C1CC1. The van der Waals surface area contributed by atoms with E-state index in [2.05, 4.69) is 5.32 Å². The monoisotopic (exact) mass is 262 g/mol. The van der Waals surface area contributed by atoms with Gasteiger partial charge in [0, 0.05) is 12.6 Å². The molecular weight excluding hydrogens is 244 g/mol. The maximum Gasteiger partial charge on any atom is 0.330 e. The highest BCUT2D eigenvalue weighted by atomic mass is 16.4. The van der Waals surface area contributed by atoms with E-state index in [1.807, 2.05) is 13.0 Å². The third-order valence-corrected chi connectivity index (χ3v) is 3.24. The molecule has 0 radical (unpaired) electrons. The topological polar surface area (TPSA) is 69.6 Å². The van der Waals surface area contributed by atoms with Crippen LogP contribution in [0.1, 0.15) is 31.4 Å². The number of nitrogens with one attached hydrogen (secondary N) is 1. The molecule has 2 rings (SSSR count). The van der Waals surface area contributed by atoms with Gasteiger partial charge in [0.2, 0.25) is 0 Å². The van der Waals surface area contributed by atoms with E-state index in [4.69, 9.17) is 0 Å². The Balaban J connectivity index is 2.08. The second-order valence-corrected chi connectivity index (χ2v) is 4.65. The zero-order valence-corrected chi connectivity index (χ0v) is 10.9. The van der Waals surface area contributed by atoms with Crippen molar-refractivity contribution in [3.63, 3.8) is 0 Å². The van der Waals surface area contributed by atoms with Crippen molar-refractivity contribution in [2.24, 2.45) is 0 Å². The summed E-state index contributed by atoms with van der Waals surface area (Å²) < 4.78 is 0. The molecule has 0 spiro atoms. The molecule has 1 aliphatic rings. The molecular formula is C14H18N2O3. The Kier molecular flexibility index (Phi) is 4.04. The number of hydrogen-bond acceptors (Lipinski definition) is 2. The van der Waals surface area contributed by atoms with E-state index < -0.39 is 12.0 Å². The predicted molar refractivity (Wildman–Crippen MR) is 70.8 cm³/mol. The van der Waals surface area contributed by atoms with Crippen LogP contribution in [0.3, 0.4) is 0 Å². The summed E-state index contributed by atoms with van der Waals surface area (Å²) in [6.07, 6.45) is 2.01. The normalized spacial score (nSPS) is 15.6. The zero-order chi connectivity index (χ0) is 13.8. The zero-order valence-electron chi connectivity index (χ0n) is 10.9. The molecule has 19 heavy (non-hydrogen) atoms. The standard InChI is InChI=1S/C14H18N2O3/c1-2-16(11-8-9-11)14(19)15-12(13(17)18)10-6-4-3-5-7-10/h3-7,11-12H,2,8-9H2,1H3,(H,15,19)(H,17,18)/t12-/m1/s1.